The number of benzene rings is 1. The Kier molecular flexibility index (Phi) is 2.94. The van der Waals surface area contributed by atoms with Crippen LogP contribution in [0.3, 0.4) is 0 Å². The van der Waals surface area contributed by atoms with E-state index in [1.807, 2.05) is 31.2 Å². The average molecular weight is 271 g/mol. The van der Waals surface area contributed by atoms with Crippen molar-refractivity contribution >= 4 is 28.6 Å². The fourth-order valence-corrected chi connectivity index (χ4v) is 2.02. The second kappa shape index (κ2) is 4.76. The predicted octanol–water partition coefficient (Wildman–Crippen LogP) is 0.616. The van der Waals surface area contributed by atoms with Gasteiger partial charge in [0.15, 0.2) is 0 Å². The van der Waals surface area contributed by atoms with Crippen molar-refractivity contribution in [1.29, 1.82) is 0 Å². The number of hydrazone groups is 1. The highest BCUT2D eigenvalue weighted by molar-refractivity contribution is 6.43. The van der Waals surface area contributed by atoms with Crippen molar-refractivity contribution in [2.45, 2.75) is 19.4 Å². The highest BCUT2D eigenvalue weighted by Gasteiger charge is 2.23. The number of fused-ring (bicyclic) bond motifs is 1. The van der Waals surface area contributed by atoms with Gasteiger partial charge >= 0.3 is 0 Å². The minimum Gasteiger partial charge on any atom is -0.341 e. The lowest BCUT2D eigenvalue weighted by Gasteiger charge is -2.10. The third kappa shape index (κ3) is 2.25. The van der Waals surface area contributed by atoms with E-state index in [-0.39, 0.29) is 30.0 Å². The van der Waals surface area contributed by atoms with Gasteiger partial charge in [-0.1, -0.05) is 12.1 Å². The number of aromatic nitrogens is 2. The smallest absolute Gasteiger partial charge is 0.268 e. The van der Waals surface area contributed by atoms with Crippen LogP contribution in [0.2, 0.25) is 0 Å². The summed E-state index contributed by atoms with van der Waals surface area (Å²) in [4.78, 5) is 30.5. The number of para-hydroxylation sites is 2. The van der Waals surface area contributed by atoms with Crippen LogP contribution in [0, 0.1) is 0 Å². The first kappa shape index (κ1) is 12.3. The third-order valence-corrected chi connectivity index (χ3v) is 3.07. The monoisotopic (exact) mass is 271 g/mol. The van der Waals surface area contributed by atoms with E-state index in [1.165, 1.54) is 0 Å². The van der Waals surface area contributed by atoms with E-state index >= 15 is 0 Å². The number of hydrogen-bond donors (Lipinski definition) is 3. The maximum atomic E-state index is 11.9. The normalized spacial score (nSPS) is 15.8. The van der Waals surface area contributed by atoms with Crippen LogP contribution in [0.15, 0.2) is 29.4 Å². The van der Waals surface area contributed by atoms with Crippen molar-refractivity contribution in [2.75, 3.05) is 0 Å². The average Bonchev–Trinajstić information content (AvgIpc) is 3.04. The SMILES string of the molecule is CC(NC(=O)C1=NNC(=O)C1)c1nc2ccccc2[nH]1. The second-order valence-electron chi connectivity index (χ2n) is 4.60. The third-order valence-electron chi connectivity index (χ3n) is 3.07. The predicted molar refractivity (Wildman–Crippen MR) is 72.8 cm³/mol. The summed E-state index contributed by atoms with van der Waals surface area (Å²) in [6.45, 7) is 1.82. The number of hydrogen-bond acceptors (Lipinski definition) is 4. The zero-order valence-electron chi connectivity index (χ0n) is 10.8. The molecule has 102 valence electrons. The summed E-state index contributed by atoms with van der Waals surface area (Å²) in [6, 6.07) is 7.34. The van der Waals surface area contributed by atoms with Gasteiger partial charge in [0, 0.05) is 0 Å². The van der Waals surface area contributed by atoms with Gasteiger partial charge in [0.25, 0.3) is 5.91 Å². The number of aromatic amines is 1. The molecule has 3 N–H and O–H groups in total. The van der Waals surface area contributed by atoms with Gasteiger partial charge in [-0.15, -0.1) is 0 Å². The number of H-pyrrole nitrogens is 1. The quantitative estimate of drug-likeness (QED) is 0.762. The molecule has 0 bridgehead atoms. The number of nitrogens with zero attached hydrogens (tertiary/aromatic N) is 2. The number of carbonyl (C=O) groups excluding carboxylic acids is 2. The maximum Gasteiger partial charge on any atom is 0.268 e. The molecular formula is C13H13N5O2. The Bertz CT molecular complexity index is 685. The van der Waals surface area contributed by atoms with Gasteiger partial charge in [-0.05, 0) is 19.1 Å². The highest BCUT2D eigenvalue weighted by Crippen LogP contribution is 2.15. The standard InChI is InChI=1S/C13H13N5O2/c1-7(14-13(20)10-6-11(19)18-17-10)12-15-8-4-2-3-5-9(8)16-12/h2-5,7H,6H2,1H3,(H,14,20)(H,15,16)(H,18,19). The molecule has 0 spiro atoms. The van der Waals surface area contributed by atoms with Gasteiger partial charge in [0.05, 0.1) is 23.5 Å². The first-order chi connectivity index (χ1) is 9.63. The van der Waals surface area contributed by atoms with Crippen LogP contribution in [0.5, 0.6) is 0 Å². The molecule has 0 radical (unpaired) electrons. The Morgan fingerprint density at radius 2 is 2.20 bits per heavy atom. The molecule has 7 nitrogen and oxygen atoms in total. The summed E-state index contributed by atoms with van der Waals surface area (Å²) < 4.78 is 0. The maximum absolute atomic E-state index is 11.9. The lowest BCUT2D eigenvalue weighted by atomic mass is 10.2. The summed E-state index contributed by atoms with van der Waals surface area (Å²) in [5, 5.41) is 6.44. The molecule has 0 aliphatic carbocycles. The molecule has 2 heterocycles. The van der Waals surface area contributed by atoms with Crippen molar-refractivity contribution in [1.82, 2.24) is 20.7 Å². The highest BCUT2D eigenvalue weighted by atomic mass is 16.2. The fourth-order valence-electron chi connectivity index (χ4n) is 2.02. The van der Waals surface area contributed by atoms with Crippen LogP contribution in [0.1, 0.15) is 25.2 Å². The molecule has 1 unspecified atom stereocenters. The van der Waals surface area contributed by atoms with E-state index in [2.05, 4.69) is 25.8 Å². The molecule has 1 atom stereocenters. The topological polar surface area (TPSA) is 99.2 Å². The molecule has 1 aromatic carbocycles. The molecule has 1 aromatic heterocycles. The van der Waals surface area contributed by atoms with E-state index in [0.717, 1.165) is 11.0 Å². The van der Waals surface area contributed by atoms with Crippen molar-refractivity contribution in [3.8, 4) is 0 Å². The number of rotatable bonds is 3. The van der Waals surface area contributed by atoms with Crippen molar-refractivity contribution < 1.29 is 9.59 Å². The van der Waals surface area contributed by atoms with E-state index in [9.17, 15) is 9.59 Å². The molecule has 20 heavy (non-hydrogen) atoms. The van der Waals surface area contributed by atoms with E-state index in [4.69, 9.17) is 0 Å². The summed E-state index contributed by atoms with van der Waals surface area (Å²) in [5.74, 6) is 0.0280. The summed E-state index contributed by atoms with van der Waals surface area (Å²) in [5.41, 5.74) is 4.20. The van der Waals surface area contributed by atoms with Crippen molar-refractivity contribution in [3.63, 3.8) is 0 Å². The molecular weight excluding hydrogens is 258 g/mol. The first-order valence-electron chi connectivity index (χ1n) is 6.24. The zero-order chi connectivity index (χ0) is 14.1. The molecule has 1 aliphatic heterocycles. The van der Waals surface area contributed by atoms with E-state index in [1.54, 1.807) is 0 Å². The van der Waals surface area contributed by atoms with Gasteiger partial charge < -0.3 is 10.3 Å². The summed E-state index contributed by atoms with van der Waals surface area (Å²) in [6.07, 6.45) is 0.0126. The molecule has 2 aromatic rings. The van der Waals surface area contributed by atoms with Crippen LogP contribution < -0.4 is 10.7 Å². The minimum absolute atomic E-state index is 0.0126. The molecule has 0 saturated carbocycles. The number of amides is 2. The van der Waals surface area contributed by atoms with Crippen LogP contribution in [0.4, 0.5) is 0 Å². The summed E-state index contributed by atoms with van der Waals surface area (Å²) in [7, 11) is 0. The Hall–Kier alpha value is -2.70. The lowest BCUT2D eigenvalue weighted by molar-refractivity contribution is -0.120. The molecule has 0 saturated heterocycles. The van der Waals surface area contributed by atoms with Gasteiger partial charge in [0.1, 0.15) is 11.5 Å². The first-order valence-corrected chi connectivity index (χ1v) is 6.24. The van der Waals surface area contributed by atoms with E-state index < -0.39 is 0 Å². The Morgan fingerprint density at radius 3 is 2.90 bits per heavy atom. The van der Waals surface area contributed by atoms with Crippen LogP contribution in [-0.2, 0) is 9.59 Å². The number of imidazole rings is 1. The number of carbonyl (C=O) groups is 2. The molecule has 7 heteroatoms. The van der Waals surface area contributed by atoms with Crippen molar-refractivity contribution in [2.24, 2.45) is 5.10 Å². The van der Waals surface area contributed by atoms with Crippen LogP contribution in [0.25, 0.3) is 11.0 Å². The Morgan fingerprint density at radius 1 is 1.40 bits per heavy atom. The van der Waals surface area contributed by atoms with Crippen molar-refractivity contribution in [3.05, 3.63) is 30.1 Å². The molecule has 2 amide bonds. The molecule has 0 fully saturated rings. The zero-order valence-corrected chi connectivity index (χ0v) is 10.8. The van der Waals surface area contributed by atoms with E-state index in [0.29, 0.717) is 5.82 Å². The van der Waals surface area contributed by atoms with Crippen LogP contribution in [-0.4, -0.2) is 27.5 Å². The van der Waals surface area contributed by atoms with Gasteiger partial charge in [-0.3, -0.25) is 9.59 Å². The number of nitrogens with one attached hydrogen (secondary N) is 3. The van der Waals surface area contributed by atoms with Gasteiger partial charge in [0.2, 0.25) is 5.91 Å². The minimum atomic E-state index is -0.365. The second-order valence-corrected chi connectivity index (χ2v) is 4.60. The molecule has 3 rings (SSSR count). The van der Waals surface area contributed by atoms with Crippen LogP contribution >= 0.6 is 0 Å². The Balaban J connectivity index is 1.74. The largest absolute Gasteiger partial charge is 0.341 e. The van der Waals surface area contributed by atoms with Gasteiger partial charge in [-0.25, -0.2) is 10.4 Å². The fraction of sp³-hybridized carbons (Fsp3) is 0.231. The lowest BCUT2D eigenvalue weighted by Crippen LogP contribution is -2.33. The van der Waals surface area contributed by atoms with Gasteiger partial charge in [-0.2, -0.15) is 5.10 Å². The molecule has 1 aliphatic rings. The Labute approximate surface area is 114 Å². The summed E-state index contributed by atoms with van der Waals surface area (Å²) >= 11 is 0.